The summed E-state index contributed by atoms with van der Waals surface area (Å²) in [6, 6.07) is 14.1. The number of carbonyl (C=O) groups is 2. The van der Waals surface area contributed by atoms with Gasteiger partial charge in [0.15, 0.2) is 0 Å². The van der Waals surface area contributed by atoms with Crippen LogP contribution in [0.1, 0.15) is 19.3 Å². The minimum absolute atomic E-state index is 0.0727. The molecule has 2 aromatic heterocycles. The summed E-state index contributed by atoms with van der Waals surface area (Å²) in [6.45, 7) is 2.45. The van der Waals surface area contributed by atoms with Crippen molar-refractivity contribution in [3.8, 4) is 11.3 Å². The minimum Gasteiger partial charge on any atom is -0.372 e. The predicted octanol–water partition coefficient (Wildman–Crippen LogP) is 4.19. The van der Waals surface area contributed by atoms with Crippen LogP contribution in [0, 0.1) is 11.7 Å². The van der Waals surface area contributed by atoms with Crippen molar-refractivity contribution < 1.29 is 14.0 Å². The standard InChI is InChI=1S/C25H23FN6O2S/c26-18-5-3-16(4-6-18)21-15-35-25-28-24(29-32(21)25)27-23(34)17-13-22(33)31(14-17)20-9-7-19(8-10-20)30-11-1-2-12-30/h3-10,15,17H,1-2,11-14H2,(H,27,29,34). The van der Waals surface area contributed by atoms with Gasteiger partial charge in [0, 0.05) is 48.4 Å². The van der Waals surface area contributed by atoms with Gasteiger partial charge in [-0.25, -0.2) is 8.91 Å². The van der Waals surface area contributed by atoms with Crippen LogP contribution in [-0.2, 0) is 9.59 Å². The Morgan fingerprint density at radius 1 is 1.03 bits per heavy atom. The molecule has 2 saturated heterocycles. The van der Waals surface area contributed by atoms with E-state index in [2.05, 4.69) is 20.3 Å². The number of halogens is 1. The number of nitrogens with one attached hydrogen (secondary N) is 1. The van der Waals surface area contributed by atoms with Crippen LogP contribution in [0.5, 0.6) is 0 Å². The molecule has 1 N–H and O–H groups in total. The van der Waals surface area contributed by atoms with Gasteiger partial charge in [0.25, 0.3) is 0 Å². The molecular weight excluding hydrogens is 467 g/mol. The van der Waals surface area contributed by atoms with Gasteiger partial charge in [0.1, 0.15) is 5.82 Å². The van der Waals surface area contributed by atoms with Crippen LogP contribution >= 0.6 is 11.3 Å². The van der Waals surface area contributed by atoms with E-state index in [-0.39, 0.29) is 30.0 Å². The Bertz CT molecular complexity index is 1390. The van der Waals surface area contributed by atoms with Gasteiger partial charge in [-0.2, -0.15) is 4.98 Å². The van der Waals surface area contributed by atoms with Crippen molar-refractivity contribution in [2.75, 3.05) is 34.8 Å². The van der Waals surface area contributed by atoms with E-state index in [4.69, 9.17) is 0 Å². The number of benzene rings is 2. The first kappa shape index (κ1) is 21.7. The number of hydrogen-bond donors (Lipinski definition) is 1. The zero-order valence-corrected chi connectivity index (χ0v) is 19.7. The summed E-state index contributed by atoms with van der Waals surface area (Å²) < 4.78 is 14.9. The number of rotatable bonds is 5. The van der Waals surface area contributed by atoms with E-state index in [1.54, 1.807) is 21.5 Å². The number of anilines is 3. The maximum absolute atomic E-state index is 13.3. The number of amides is 2. The first-order valence-electron chi connectivity index (χ1n) is 11.6. The van der Waals surface area contributed by atoms with Crippen LogP contribution in [-0.4, -0.2) is 46.0 Å². The predicted molar refractivity (Wildman–Crippen MR) is 133 cm³/mol. The van der Waals surface area contributed by atoms with Crippen LogP contribution in [0.2, 0.25) is 0 Å². The highest BCUT2D eigenvalue weighted by atomic mass is 32.1. The number of aromatic nitrogens is 3. The molecule has 2 aliphatic rings. The molecule has 8 nitrogen and oxygen atoms in total. The smallest absolute Gasteiger partial charge is 0.250 e. The number of nitrogens with zero attached hydrogens (tertiary/aromatic N) is 5. The van der Waals surface area contributed by atoms with Crippen LogP contribution < -0.4 is 15.1 Å². The van der Waals surface area contributed by atoms with E-state index in [0.29, 0.717) is 11.5 Å². The zero-order chi connectivity index (χ0) is 23.9. The molecule has 0 spiro atoms. The number of thiazole rings is 1. The Balaban J connectivity index is 1.14. The summed E-state index contributed by atoms with van der Waals surface area (Å²) in [5.41, 5.74) is 3.53. The average Bonchev–Trinajstić information content (AvgIpc) is 3.65. The van der Waals surface area contributed by atoms with Crippen molar-refractivity contribution in [3.63, 3.8) is 0 Å². The molecule has 2 fully saturated rings. The fourth-order valence-electron chi connectivity index (χ4n) is 4.72. The zero-order valence-electron chi connectivity index (χ0n) is 18.9. The van der Waals surface area contributed by atoms with Crippen molar-refractivity contribution in [1.29, 1.82) is 0 Å². The fourth-order valence-corrected chi connectivity index (χ4v) is 5.55. The summed E-state index contributed by atoms with van der Waals surface area (Å²) in [5.74, 6) is -0.966. The van der Waals surface area contributed by atoms with Gasteiger partial charge in [0.2, 0.25) is 22.7 Å². The lowest BCUT2D eigenvalue weighted by molar-refractivity contribution is -0.122. The van der Waals surface area contributed by atoms with Gasteiger partial charge in [-0.15, -0.1) is 16.4 Å². The lowest BCUT2D eigenvalue weighted by Gasteiger charge is -2.20. The van der Waals surface area contributed by atoms with Crippen LogP contribution in [0.3, 0.4) is 0 Å². The number of hydrogen-bond acceptors (Lipinski definition) is 6. The Hall–Kier alpha value is -3.79. The highest BCUT2D eigenvalue weighted by molar-refractivity contribution is 7.15. The summed E-state index contributed by atoms with van der Waals surface area (Å²) in [7, 11) is 0. The molecule has 6 rings (SSSR count). The molecule has 1 unspecified atom stereocenters. The quantitative estimate of drug-likeness (QED) is 0.454. The molecule has 10 heteroatoms. The van der Waals surface area contributed by atoms with E-state index >= 15 is 0 Å². The first-order valence-corrected chi connectivity index (χ1v) is 12.5. The van der Waals surface area contributed by atoms with Crippen molar-refractivity contribution in [2.45, 2.75) is 19.3 Å². The van der Waals surface area contributed by atoms with Crippen LogP contribution in [0.15, 0.2) is 53.9 Å². The van der Waals surface area contributed by atoms with Crippen LogP contribution in [0.4, 0.5) is 21.7 Å². The van der Waals surface area contributed by atoms with Gasteiger partial charge >= 0.3 is 0 Å². The van der Waals surface area contributed by atoms with Crippen molar-refractivity contribution in [3.05, 3.63) is 59.7 Å². The molecule has 0 aliphatic carbocycles. The molecular formula is C25H23FN6O2S. The highest BCUT2D eigenvalue weighted by Crippen LogP contribution is 2.30. The molecule has 0 saturated carbocycles. The molecule has 4 heterocycles. The van der Waals surface area contributed by atoms with E-state index in [1.165, 1.54) is 36.3 Å². The monoisotopic (exact) mass is 490 g/mol. The van der Waals surface area contributed by atoms with Gasteiger partial charge in [-0.05, 0) is 61.4 Å². The number of fused-ring (bicyclic) bond motifs is 1. The summed E-state index contributed by atoms with van der Waals surface area (Å²) >= 11 is 1.38. The Morgan fingerprint density at radius 3 is 2.49 bits per heavy atom. The first-order chi connectivity index (χ1) is 17.0. The SMILES string of the molecule is O=C(Nc1nc2scc(-c3ccc(F)cc3)n2n1)C1CC(=O)N(c2ccc(N3CCCC3)cc2)C1. The average molecular weight is 491 g/mol. The molecule has 2 amide bonds. The Morgan fingerprint density at radius 2 is 1.74 bits per heavy atom. The lowest BCUT2D eigenvalue weighted by Crippen LogP contribution is -2.28. The number of carbonyl (C=O) groups excluding carboxylic acids is 2. The molecule has 0 bridgehead atoms. The van der Waals surface area contributed by atoms with Gasteiger partial charge < -0.3 is 9.80 Å². The van der Waals surface area contributed by atoms with E-state index in [9.17, 15) is 14.0 Å². The maximum Gasteiger partial charge on any atom is 0.250 e. The Kier molecular flexibility index (Phi) is 5.44. The van der Waals surface area contributed by atoms with Crippen LogP contribution in [0.25, 0.3) is 16.2 Å². The van der Waals surface area contributed by atoms with Crippen molar-refractivity contribution >= 4 is 45.4 Å². The van der Waals surface area contributed by atoms with Gasteiger partial charge in [-0.1, -0.05) is 0 Å². The Labute approximate surface area is 205 Å². The highest BCUT2D eigenvalue weighted by Gasteiger charge is 2.35. The summed E-state index contributed by atoms with van der Waals surface area (Å²) in [5, 5.41) is 9.06. The van der Waals surface area contributed by atoms with Gasteiger partial charge in [-0.3, -0.25) is 14.9 Å². The summed E-state index contributed by atoms with van der Waals surface area (Å²) in [4.78, 5) is 34.6. The third kappa shape index (κ3) is 4.14. The second kappa shape index (κ2) is 8.77. The van der Waals surface area contributed by atoms with Crippen molar-refractivity contribution in [2.24, 2.45) is 5.92 Å². The fraction of sp³-hybridized carbons (Fsp3) is 0.280. The second-order valence-corrected chi connectivity index (χ2v) is 9.70. The molecule has 35 heavy (non-hydrogen) atoms. The maximum atomic E-state index is 13.3. The molecule has 2 aliphatic heterocycles. The third-order valence-electron chi connectivity index (χ3n) is 6.59. The van der Waals surface area contributed by atoms with Gasteiger partial charge in [0.05, 0.1) is 11.6 Å². The molecule has 1 atom stereocenters. The minimum atomic E-state index is -0.487. The van der Waals surface area contributed by atoms with E-state index in [1.807, 2.05) is 29.6 Å². The lowest BCUT2D eigenvalue weighted by atomic mass is 10.1. The molecule has 4 aromatic rings. The largest absolute Gasteiger partial charge is 0.372 e. The molecule has 178 valence electrons. The van der Waals surface area contributed by atoms with E-state index < -0.39 is 5.92 Å². The molecule has 2 aromatic carbocycles. The van der Waals surface area contributed by atoms with Crippen molar-refractivity contribution in [1.82, 2.24) is 14.6 Å². The van der Waals surface area contributed by atoms with E-state index in [0.717, 1.165) is 35.7 Å². The molecule has 0 radical (unpaired) electrons. The third-order valence-corrected chi connectivity index (χ3v) is 7.40. The topological polar surface area (TPSA) is 82.8 Å². The normalized spacial score (nSPS) is 18.1. The second-order valence-electron chi connectivity index (χ2n) is 8.86. The summed E-state index contributed by atoms with van der Waals surface area (Å²) in [6.07, 6.45) is 2.56.